The molecule has 1 saturated heterocycles. The van der Waals surface area contributed by atoms with Gasteiger partial charge in [0.25, 0.3) is 11.8 Å². The molecule has 10 heteroatoms. The number of piperidine rings is 1. The van der Waals surface area contributed by atoms with Gasteiger partial charge in [-0.15, -0.1) is 0 Å². The van der Waals surface area contributed by atoms with E-state index >= 15 is 0 Å². The quantitative estimate of drug-likeness (QED) is 0.478. The second kappa shape index (κ2) is 10.1. The van der Waals surface area contributed by atoms with Gasteiger partial charge < -0.3 is 25.8 Å². The molecule has 3 aromatic heterocycles. The number of nitrogens with two attached hydrogens (primary N) is 1. The van der Waals surface area contributed by atoms with Crippen LogP contribution in [0.15, 0.2) is 43.0 Å². The SMILES string of the molecule is CC(C)c1ccc(C(=O)N[C@@H]2CC[C@H](C)N(c3cnc(C(N)=O)c(Nc4ccn(C)c4)n3)C2)cn1. The zero-order valence-corrected chi connectivity index (χ0v) is 20.5. The Labute approximate surface area is 205 Å². The fourth-order valence-electron chi connectivity index (χ4n) is 4.19. The van der Waals surface area contributed by atoms with Crippen LogP contribution < -0.4 is 21.3 Å². The summed E-state index contributed by atoms with van der Waals surface area (Å²) in [6.07, 6.45) is 8.67. The molecule has 4 heterocycles. The number of hydrogen-bond acceptors (Lipinski definition) is 7. The van der Waals surface area contributed by atoms with Crippen LogP contribution in [0.5, 0.6) is 0 Å². The van der Waals surface area contributed by atoms with Gasteiger partial charge in [0.1, 0.15) is 5.82 Å². The number of anilines is 3. The monoisotopic (exact) mass is 476 g/mol. The van der Waals surface area contributed by atoms with Crippen molar-refractivity contribution in [3.63, 3.8) is 0 Å². The molecule has 0 radical (unpaired) electrons. The van der Waals surface area contributed by atoms with E-state index < -0.39 is 5.91 Å². The Hall–Kier alpha value is -3.95. The number of amides is 2. The number of primary amides is 1. The van der Waals surface area contributed by atoms with Crippen LogP contribution in [0.25, 0.3) is 0 Å². The molecule has 0 unspecified atom stereocenters. The molecule has 2 atom stereocenters. The van der Waals surface area contributed by atoms with Crippen LogP contribution in [0, 0.1) is 0 Å². The lowest BCUT2D eigenvalue weighted by Gasteiger charge is -2.39. The van der Waals surface area contributed by atoms with Crippen molar-refractivity contribution < 1.29 is 9.59 Å². The topological polar surface area (TPSA) is 131 Å². The lowest BCUT2D eigenvalue weighted by Crippen LogP contribution is -2.51. The van der Waals surface area contributed by atoms with E-state index in [9.17, 15) is 9.59 Å². The Balaban J connectivity index is 1.51. The Morgan fingerprint density at radius 1 is 1.14 bits per heavy atom. The molecule has 2 amide bonds. The van der Waals surface area contributed by atoms with Crippen molar-refractivity contribution in [3.05, 3.63) is 59.9 Å². The Kier molecular flexibility index (Phi) is 6.99. The maximum Gasteiger partial charge on any atom is 0.271 e. The van der Waals surface area contributed by atoms with Gasteiger partial charge in [-0.1, -0.05) is 13.8 Å². The fourth-order valence-corrected chi connectivity index (χ4v) is 4.19. The molecule has 3 aromatic rings. The van der Waals surface area contributed by atoms with E-state index in [1.807, 2.05) is 42.2 Å². The molecule has 0 saturated carbocycles. The van der Waals surface area contributed by atoms with E-state index in [0.29, 0.717) is 29.7 Å². The largest absolute Gasteiger partial charge is 0.364 e. The van der Waals surface area contributed by atoms with E-state index in [1.165, 1.54) is 0 Å². The second-order valence-electron chi connectivity index (χ2n) is 9.36. The second-order valence-corrected chi connectivity index (χ2v) is 9.36. The summed E-state index contributed by atoms with van der Waals surface area (Å²) in [6.45, 7) is 6.82. The first-order chi connectivity index (χ1) is 16.7. The highest BCUT2D eigenvalue weighted by Crippen LogP contribution is 2.26. The normalized spacial score (nSPS) is 17.9. The van der Waals surface area contributed by atoms with Crippen LogP contribution in [0.1, 0.15) is 66.1 Å². The lowest BCUT2D eigenvalue weighted by molar-refractivity contribution is 0.0929. The average molecular weight is 477 g/mol. The highest BCUT2D eigenvalue weighted by molar-refractivity contribution is 5.96. The van der Waals surface area contributed by atoms with Crippen LogP contribution in [0.3, 0.4) is 0 Å². The van der Waals surface area contributed by atoms with Gasteiger partial charge in [0.2, 0.25) is 0 Å². The number of aromatic nitrogens is 4. The Morgan fingerprint density at radius 2 is 1.94 bits per heavy atom. The van der Waals surface area contributed by atoms with Crippen molar-refractivity contribution >= 4 is 29.1 Å². The molecular formula is C25H32N8O2. The number of aryl methyl sites for hydroxylation is 1. The van der Waals surface area contributed by atoms with Gasteiger partial charge in [0, 0.05) is 50.0 Å². The van der Waals surface area contributed by atoms with Gasteiger partial charge in [-0.25, -0.2) is 9.97 Å². The number of hydrogen-bond donors (Lipinski definition) is 3. The molecule has 184 valence electrons. The standard InChI is InChI=1S/C25H32N8O2/c1-15(2)20-8-6-17(11-27-20)25(35)30-18-7-5-16(3)33(14-18)21-12-28-22(23(26)34)24(31-21)29-19-9-10-32(4)13-19/h6,8-13,15-16,18H,5,7,14H2,1-4H3,(H2,26,34)(H,29,31)(H,30,35)/t16-,18+/m0/s1. The van der Waals surface area contributed by atoms with Crippen molar-refractivity contribution in [3.8, 4) is 0 Å². The summed E-state index contributed by atoms with van der Waals surface area (Å²) < 4.78 is 1.88. The van der Waals surface area contributed by atoms with E-state index in [4.69, 9.17) is 10.7 Å². The molecule has 4 N–H and O–H groups in total. The van der Waals surface area contributed by atoms with E-state index in [0.717, 1.165) is 24.2 Å². The smallest absolute Gasteiger partial charge is 0.271 e. The minimum atomic E-state index is -0.656. The summed E-state index contributed by atoms with van der Waals surface area (Å²) in [6, 6.07) is 5.71. The molecule has 0 bridgehead atoms. The number of nitrogens with zero attached hydrogens (tertiary/aromatic N) is 5. The summed E-state index contributed by atoms with van der Waals surface area (Å²) in [7, 11) is 1.90. The van der Waals surface area contributed by atoms with Gasteiger partial charge in [-0.3, -0.25) is 14.6 Å². The molecule has 10 nitrogen and oxygen atoms in total. The number of carbonyl (C=O) groups is 2. The fraction of sp³-hybridized carbons (Fsp3) is 0.400. The van der Waals surface area contributed by atoms with Crippen molar-refractivity contribution in [2.24, 2.45) is 12.8 Å². The van der Waals surface area contributed by atoms with Crippen molar-refractivity contribution in [1.82, 2.24) is 24.8 Å². The first-order valence-electron chi connectivity index (χ1n) is 11.8. The minimum absolute atomic E-state index is 0.0633. The third-order valence-corrected chi connectivity index (χ3v) is 6.24. The number of carbonyl (C=O) groups excluding carboxylic acids is 2. The molecular weight excluding hydrogens is 444 g/mol. The molecule has 4 rings (SSSR count). The molecule has 0 spiro atoms. The predicted molar refractivity (Wildman–Crippen MR) is 135 cm³/mol. The predicted octanol–water partition coefficient (Wildman–Crippen LogP) is 2.96. The van der Waals surface area contributed by atoms with E-state index in [1.54, 1.807) is 12.4 Å². The zero-order valence-electron chi connectivity index (χ0n) is 20.5. The van der Waals surface area contributed by atoms with Gasteiger partial charge in [-0.2, -0.15) is 0 Å². The zero-order chi connectivity index (χ0) is 25.1. The van der Waals surface area contributed by atoms with Crippen LogP contribution in [0.4, 0.5) is 17.3 Å². The number of nitrogens with one attached hydrogen (secondary N) is 2. The third kappa shape index (κ3) is 5.59. The maximum atomic E-state index is 12.8. The average Bonchev–Trinajstić information content (AvgIpc) is 3.24. The molecule has 1 aliphatic rings. The van der Waals surface area contributed by atoms with Crippen molar-refractivity contribution in [2.75, 3.05) is 16.8 Å². The first-order valence-corrected chi connectivity index (χ1v) is 11.8. The van der Waals surface area contributed by atoms with Gasteiger partial charge in [0.15, 0.2) is 11.5 Å². The Morgan fingerprint density at radius 3 is 2.57 bits per heavy atom. The molecule has 1 fully saturated rings. The summed E-state index contributed by atoms with van der Waals surface area (Å²) in [5.74, 6) is 0.424. The van der Waals surface area contributed by atoms with Crippen LogP contribution in [-0.4, -0.2) is 50.0 Å². The highest BCUT2D eigenvalue weighted by Gasteiger charge is 2.29. The molecule has 0 aliphatic carbocycles. The Bertz CT molecular complexity index is 1200. The lowest BCUT2D eigenvalue weighted by atomic mass is 9.99. The maximum absolute atomic E-state index is 12.8. The summed E-state index contributed by atoms with van der Waals surface area (Å²) in [5.41, 5.74) is 7.88. The molecule has 35 heavy (non-hydrogen) atoms. The van der Waals surface area contributed by atoms with E-state index in [-0.39, 0.29) is 23.7 Å². The van der Waals surface area contributed by atoms with Crippen molar-refractivity contribution in [2.45, 2.75) is 51.6 Å². The number of pyridine rings is 1. The van der Waals surface area contributed by atoms with Crippen LogP contribution >= 0.6 is 0 Å². The van der Waals surface area contributed by atoms with Gasteiger partial charge in [0.05, 0.1) is 17.4 Å². The number of rotatable bonds is 7. The van der Waals surface area contributed by atoms with E-state index in [2.05, 4.69) is 46.3 Å². The van der Waals surface area contributed by atoms with Crippen LogP contribution in [0.2, 0.25) is 0 Å². The first kappa shape index (κ1) is 24.2. The highest BCUT2D eigenvalue weighted by atomic mass is 16.2. The van der Waals surface area contributed by atoms with Crippen LogP contribution in [-0.2, 0) is 7.05 Å². The molecule has 1 aliphatic heterocycles. The summed E-state index contributed by atoms with van der Waals surface area (Å²) >= 11 is 0. The summed E-state index contributed by atoms with van der Waals surface area (Å²) in [5, 5.41) is 6.28. The van der Waals surface area contributed by atoms with Crippen molar-refractivity contribution in [1.29, 1.82) is 0 Å². The third-order valence-electron chi connectivity index (χ3n) is 6.24. The van der Waals surface area contributed by atoms with Gasteiger partial charge in [-0.05, 0) is 43.9 Å². The summed E-state index contributed by atoms with van der Waals surface area (Å²) in [4.78, 5) is 40.3. The van der Waals surface area contributed by atoms with Gasteiger partial charge >= 0.3 is 0 Å². The minimum Gasteiger partial charge on any atom is -0.364 e. The molecule has 0 aromatic carbocycles.